The predicted molar refractivity (Wildman–Crippen MR) is 98.8 cm³/mol. The van der Waals surface area contributed by atoms with Gasteiger partial charge in [-0.05, 0) is 43.3 Å². The van der Waals surface area contributed by atoms with E-state index in [9.17, 15) is 0 Å². The Morgan fingerprint density at radius 3 is 1.46 bits per heavy atom. The molecular weight excluding hydrogens is 319 g/mol. The average Bonchev–Trinajstić information content (AvgIpc) is 2.64. The first kappa shape index (κ1) is 16.5. The van der Waals surface area contributed by atoms with Gasteiger partial charge in [-0.1, -0.05) is 54.6 Å². The minimum absolute atomic E-state index is 0.488. The Bertz CT molecular complexity index is 691. The molecule has 0 heterocycles. The SMILES string of the molecule is CCO[P+](Oc1ccccc1)(Oc1ccccc1)c1ccccc1. The molecule has 3 nitrogen and oxygen atoms in total. The largest absolute Gasteiger partial charge is 0.535 e. The Labute approximate surface area is 143 Å². The van der Waals surface area contributed by atoms with Gasteiger partial charge in [0, 0.05) is 0 Å². The van der Waals surface area contributed by atoms with Crippen LogP contribution in [0.5, 0.6) is 11.5 Å². The van der Waals surface area contributed by atoms with Gasteiger partial charge in [-0.15, -0.1) is 0 Å². The van der Waals surface area contributed by atoms with E-state index >= 15 is 0 Å². The second-order valence-corrected chi connectivity index (χ2v) is 7.19. The summed E-state index contributed by atoms with van der Waals surface area (Å²) in [6, 6.07) is 29.1. The Morgan fingerprint density at radius 1 is 0.625 bits per heavy atom. The smallest absolute Gasteiger partial charge is 0.274 e. The lowest BCUT2D eigenvalue weighted by Gasteiger charge is -2.22. The third kappa shape index (κ3) is 3.94. The van der Waals surface area contributed by atoms with Gasteiger partial charge in [0.1, 0.15) is 0 Å². The summed E-state index contributed by atoms with van der Waals surface area (Å²) in [5, 5.41) is 0.902. The second-order valence-electron chi connectivity index (χ2n) is 5.06. The molecule has 24 heavy (non-hydrogen) atoms. The lowest BCUT2D eigenvalue weighted by Crippen LogP contribution is -2.23. The molecule has 0 fully saturated rings. The summed E-state index contributed by atoms with van der Waals surface area (Å²) in [5.74, 6) is 1.44. The lowest BCUT2D eigenvalue weighted by atomic mass is 10.3. The summed E-state index contributed by atoms with van der Waals surface area (Å²) in [6.07, 6.45) is 0. The summed E-state index contributed by atoms with van der Waals surface area (Å²) in [6.45, 7) is 2.43. The Hall–Kier alpha value is -2.35. The summed E-state index contributed by atoms with van der Waals surface area (Å²) >= 11 is 0. The lowest BCUT2D eigenvalue weighted by molar-refractivity contribution is 0.265. The molecule has 4 heteroatoms. The summed E-state index contributed by atoms with van der Waals surface area (Å²) in [7, 11) is -2.79. The van der Waals surface area contributed by atoms with Gasteiger partial charge in [0.25, 0.3) is 0 Å². The van der Waals surface area contributed by atoms with E-state index in [0.29, 0.717) is 6.61 Å². The quantitative estimate of drug-likeness (QED) is 0.549. The molecule has 122 valence electrons. The normalized spacial score (nSPS) is 11.0. The summed E-state index contributed by atoms with van der Waals surface area (Å²) in [4.78, 5) is 0. The van der Waals surface area contributed by atoms with Crippen LogP contribution in [0, 0.1) is 0 Å². The van der Waals surface area contributed by atoms with Crippen LogP contribution in [-0.2, 0) is 4.52 Å². The summed E-state index contributed by atoms with van der Waals surface area (Å²) in [5.41, 5.74) is 0. The Morgan fingerprint density at radius 2 is 1.04 bits per heavy atom. The molecule has 3 rings (SSSR count). The summed E-state index contributed by atoms with van der Waals surface area (Å²) < 4.78 is 18.7. The minimum atomic E-state index is -2.79. The predicted octanol–water partition coefficient (Wildman–Crippen LogP) is 5.27. The Kier molecular flexibility index (Phi) is 5.47. The van der Waals surface area contributed by atoms with Gasteiger partial charge in [-0.2, -0.15) is 4.52 Å². The maximum absolute atomic E-state index is 6.30. The van der Waals surface area contributed by atoms with Gasteiger partial charge in [-0.25, -0.2) is 0 Å². The van der Waals surface area contributed by atoms with Gasteiger partial charge in [-0.3, -0.25) is 9.05 Å². The van der Waals surface area contributed by atoms with E-state index in [1.807, 2.05) is 97.9 Å². The zero-order chi connectivity index (χ0) is 16.7. The highest BCUT2D eigenvalue weighted by Crippen LogP contribution is 2.59. The van der Waals surface area contributed by atoms with Crippen molar-refractivity contribution in [3.8, 4) is 11.5 Å². The van der Waals surface area contributed by atoms with Crippen molar-refractivity contribution in [1.82, 2.24) is 0 Å². The van der Waals surface area contributed by atoms with Crippen LogP contribution in [-0.4, -0.2) is 6.61 Å². The number of hydrogen-bond donors (Lipinski definition) is 0. The van der Waals surface area contributed by atoms with E-state index in [1.54, 1.807) is 0 Å². The second kappa shape index (κ2) is 7.96. The van der Waals surface area contributed by atoms with Crippen molar-refractivity contribution in [3.05, 3.63) is 91.0 Å². The topological polar surface area (TPSA) is 27.7 Å². The highest BCUT2D eigenvalue weighted by Gasteiger charge is 2.51. The van der Waals surface area contributed by atoms with Gasteiger partial charge < -0.3 is 0 Å². The monoisotopic (exact) mass is 339 g/mol. The molecule has 0 N–H and O–H groups in total. The molecule has 0 saturated heterocycles. The van der Waals surface area contributed by atoms with Gasteiger partial charge in [0.2, 0.25) is 5.30 Å². The first-order valence-corrected chi connectivity index (χ1v) is 9.45. The molecule has 0 aliphatic carbocycles. The van der Waals surface area contributed by atoms with Crippen LogP contribution < -0.4 is 14.4 Å². The number of hydrogen-bond acceptors (Lipinski definition) is 3. The van der Waals surface area contributed by atoms with Crippen molar-refractivity contribution >= 4 is 13.2 Å². The van der Waals surface area contributed by atoms with Crippen molar-refractivity contribution in [2.45, 2.75) is 6.92 Å². The molecule has 0 aliphatic rings. The van der Waals surface area contributed by atoms with Crippen LogP contribution in [0.4, 0.5) is 0 Å². The zero-order valence-electron chi connectivity index (χ0n) is 13.5. The molecule has 0 aliphatic heterocycles. The minimum Gasteiger partial charge on any atom is -0.274 e. The van der Waals surface area contributed by atoms with Crippen LogP contribution in [0.25, 0.3) is 0 Å². The number of rotatable bonds is 7. The maximum Gasteiger partial charge on any atom is 0.535 e. The van der Waals surface area contributed by atoms with Crippen LogP contribution in [0.2, 0.25) is 0 Å². The average molecular weight is 339 g/mol. The Balaban J connectivity index is 2.02. The van der Waals surface area contributed by atoms with Crippen molar-refractivity contribution in [2.75, 3.05) is 6.61 Å². The van der Waals surface area contributed by atoms with Crippen molar-refractivity contribution in [3.63, 3.8) is 0 Å². The molecule has 3 aromatic rings. The van der Waals surface area contributed by atoms with E-state index in [1.165, 1.54) is 0 Å². The fourth-order valence-corrected chi connectivity index (χ4v) is 4.45. The van der Waals surface area contributed by atoms with E-state index in [2.05, 4.69) is 0 Å². The zero-order valence-corrected chi connectivity index (χ0v) is 14.4. The fraction of sp³-hybridized carbons (Fsp3) is 0.100. The van der Waals surface area contributed by atoms with Crippen molar-refractivity contribution < 1.29 is 13.6 Å². The maximum atomic E-state index is 6.30. The van der Waals surface area contributed by atoms with Crippen LogP contribution in [0.3, 0.4) is 0 Å². The molecule has 0 spiro atoms. The van der Waals surface area contributed by atoms with Gasteiger partial charge >= 0.3 is 7.94 Å². The molecule has 0 saturated carbocycles. The highest BCUT2D eigenvalue weighted by molar-refractivity contribution is 7.70. The van der Waals surface area contributed by atoms with Gasteiger partial charge in [0.15, 0.2) is 11.5 Å². The number of benzene rings is 3. The van der Waals surface area contributed by atoms with E-state index in [-0.39, 0.29) is 0 Å². The van der Waals surface area contributed by atoms with Crippen LogP contribution >= 0.6 is 7.94 Å². The highest BCUT2D eigenvalue weighted by atomic mass is 31.2. The van der Waals surface area contributed by atoms with Crippen LogP contribution in [0.15, 0.2) is 91.0 Å². The van der Waals surface area contributed by atoms with E-state index in [0.717, 1.165) is 16.8 Å². The standard InChI is InChI=1S/C20H20O3P/c1-2-21-24(20-16-10-5-11-17-20,22-18-12-6-3-7-13-18)23-19-14-8-4-9-15-19/h3-17H,2H2,1H3/q+1. The van der Waals surface area contributed by atoms with Crippen molar-refractivity contribution in [1.29, 1.82) is 0 Å². The van der Waals surface area contributed by atoms with Crippen molar-refractivity contribution in [2.24, 2.45) is 0 Å². The first-order valence-electron chi connectivity index (χ1n) is 7.91. The molecule has 0 amide bonds. The van der Waals surface area contributed by atoms with E-state index < -0.39 is 7.94 Å². The molecule has 0 radical (unpaired) electrons. The van der Waals surface area contributed by atoms with Crippen LogP contribution in [0.1, 0.15) is 6.92 Å². The van der Waals surface area contributed by atoms with E-state index in [4.69, 9.17) is 13.6 Å². The molecule has 0 unspecified atom stereocenters. The fourth-order valence-electron chi connectivity index (χ4n) is 2.27. The number of para-hydroxylation sites is 2. The first-order chi connectivity index (χ1) is 11.8. The third-order valence-electron chi connectivity index (χ3n) is 3.31. The molecular formula is C20H20O3P+. The molecule has 0 atom stereocenters. The van der Waals surface area contributed by atoms with Gasteiger partial charge in [0.05, 0.1) is 6.61 Å². The molecule has 0 aromatic heterocycles. The molecule has 3 aromatic carbocycles. The molecule has 0 bridgehead atoms. The third-order valence-corrected chi connectivity index (χ3v) is 5.74.